The number of aliphatic imine (C=N–C) groups is 1. The first-order valence-electron chi connectivity index (χ1n) is 10.1. The summed E-state index contributed by atoms with van der Waals surface area (Å²) in [4.78, 5) is 19.2. The predicted octanol–water partition coefficient (Wildman–Crippen LogP) is 3.51. The van der Waals surface area contributed by atoms with Gasteiger partial charge in [0.2, 0.25) is 0 Å². The molecule has 0 aliphatic carbocycles. The van der Waals surface area contributed by atoms with Gasteiger partial charge in [0.15, 0.2) is 5.96 Å². The maximum atomic E-state index is 12.0. The van der Waals surface area contributed by atoms with E-state index in [1.54, 1.807) is 0 Å². The lowest BCUT2D eigenvalue weighted by molar-refractivity contribution is -0.149. The monoisotopic (exact) mass is 373 g/mol. The molecule has 1 N–H and O–H groups in total. The molecule has 1 aromatic rings. The number of hydrogen-bond donors (Lipinski definition) is 1. The molecule has 5 nitrogen and oxygen atoms in total. The number of esters is 1. The number of guanidine groups is 1. The highest BCUT2D eigenvalue weighted by Gasteiger charge is 2.28. The van der Waals surface area contributed by atoms with E-state index in [4.69, 9.17) is 9.73 Å². The minimum absolute atomic E-state index is 0.0211. The summed E-state index contributed by atoms with van der Waals surface area (Å²) in [6, 6.07) is 8.66. The van der Waals surface area contributed by atoms with Crippen LogP contribution >= 0.6 is 0 Å². The number of aryl methyl sites for hydroxylation is 1. The number of nitrogens with zero attached hydrogens (tertiary/aromatic N) is 2. The molecule has 150 valence electrons. The van der Waals surface area contributed by atoms with Gasteiger partial charge in [-0.05, 0) is 39.2 Å². The van der Waals surface area contributed by atoms with E-state index in [-0.39, 0.29) is 17.3 Å². The highest BCUT2D eigenvalue weighted by molar-refractivity contribution is 5.80. The highest BCUT2D eigenvalue weighted by Crippen LogP contribution is 2.25. The third kappa shape index (κ3) is 5.98. The highest BCUT2D eigenvalue weighted by atomic mass is 16.5. The second-order valence-corrected chi connectivity index (χ2v) is 7.94. The Morgan fingerprint density at radius 2 is 2.00 bits per heavy atom. The largest absolute Gasteiger partial charge is 0.466 e. The molecule has 2 rings (SSSR count). The van der Waals surface area contributed by atoms with Crippen molar-refractivity contribution in [1.29, 1.82) is 0 Å². The molecule has 0 atom stereocenters. The van der Waals surface area contributed by atoms with Crippen LogP contribution in [0.25, 0.3) is 0 Å². The SMILES string of the molecule is CCNC(=NCC(C)(C)c1cccc(C)c1)N1CCC(C(=O)OCC)CC1. The third-order valence-corrected chi connectivity index (χ3v) is 5.17. The van der Waals surface area contributed by atoms with Gasteiger partial charge in [0.25, 0.3) is 0 Å². The molecule has 1 aromatic carbocycles. The molecule has 27 heavy (non-hydrogen) atoms. The standard InChI is InChI=1S/C22H35N3O2/c1-6-23-21(25-13-11-18(12-14-25)20(26)27-7-2)24-16-22(4,5)19-10-8-9-17(3)15-19/h8-10,15,18H,6-7,11-14,16H2,1-5H3,(H,23,24). The lowest BCUT2D eigenvalue weighted by Crippen LogP contribution is -2.47. The Hall–Kier alpha value is -2.04. The van der Waals surface area contributed by atoms with Crippen LogP contribution in [0, 0.1) is 12.8 Å². The average molecular weight is 374 g/mol. The molecule has 1 aliphatic rings. The summed E-state index contributed by atoms with van der Waals surface area (Å²) in [5, 5.41) is 3.42. The Kier molecular flexibility index (Phi) is 7.69. The number of carbonyl (C=O) groups is 1. The number of likely N-dealkylation sites (tertiary alicyclic amines) is 1. The van der Waals surface area contributed by atoms with Gasteiger partial charge in [-0.1, -0.05) is 43.7 Å². The van der Waals surface area contributed by atoms with Crippen LogP contribution in [0.4, 0.5) is 0 Å². The minimum Gasteiger partial charge on any atom is -0.466 e. The van der Waals surface area contributed by atoms with Crippen molar-refractivity contribution in [3.63, 3.8) is 0 Å². The summed E-state index contributed by atoms with van der Waals surface area (Å²) in [5.74, 6) is 0.910. The van der Waals surface area contributed by atoms with Gasteiger partial charge in [0.05, 0.1) is 19.1 Å². The molecule has 1 fully saturated rings. The summed E-state index contributed by atoms with van der Waals surface area (Å²) >= 11 is 0. The van der Waals surface area contributed by atoms with E-state index < -0.39 is 0 Å². The van der Waals surface area contributed by atoms with Gasteiger partial charge >= 0.3 is 5.97 Å². The van der Waals surface area contributed by atoms with Gasteiger partial charge in [-0.3, -0.25) is 9.79 Å². The quantitative estimate of drug-likeness (QED) is 0.471. The molecule has 1 saturated heterocycles. The number of hydrogen-bond acceptors (Lipinski definition) is 3. The van der Waals surface area contributed by atoms with Gasteiger partial charge in [-0.2, -0.15) is 0 Å². The average Bonchev–Trinajstić information content (AvgIpc) is 2.65. The van der Waals surface area contributed by atoms with Crippen LogP contribution < -0.4 is 5.32 Å². The summed E-state index contributed by atoms with van der Waals surface area (Å²) in [5.41, 5.74) is 2.55. The number of ether oxygens (including phenoxy) is 1. The molecular formula is C22H35N3O2. The molecule has 1 aliphatic heterocycles. The Morgan fingerprint density at radius 1 is 1.30 bits per heavy atom. The Labute approximate surface area is 164 Å². The molecule has 0 radical (unpaired) electrons. The molecule has 5 heteroatoms. The predicted molar refractivity (Wildman–Crippen MR) is 111 cm³/mol. The van der Waals surface area contributed by atoms with Crippen LogP contribution in [-0.2, 0) is 14.9 Å². The van der Waals surface area contributed by atoms with Gasteiger partial charge in [-0.25, -0.2) is 0 Å². The summed E-state index contributed by atoms with van der Waals surface area (Å²) in [6.45, 7) is 14.2. The summed E-state index contributed by atoms with van der Waals surface area (Å²) in [6.07, 6.45) is 1.65. The van der Waals surface area contributed by atoms with E-state index in [2.05, 4.69) is 62.2 Å². The normalized spacial score (nSPS) is 16.3. The first kappa shape index (κ1) is 21.3. The van der Waals surface area contributed by atoms with Crippen LogP contribution in [0.15, 0.2) is 29.3 Å². The van der Waals surface area contributed by atoms with Gasteiger partial charge in [0.1, 0.15) is 0 Å². The lowest BCUT2D eigenvalue weighted by Gasteiger charge is -2.34. The second kappa shape index (κ2) is 9.77. The minimum atomic E-state index is -0.0559. The molecule has 1 heterocycles. The first-order chi connectivity index (χ1) is 12.9. The van der Waals surface area contributed by atoms with E-state index >= 15 is 0 Å². The van der Waals surface area contributed by atoms with Gasteiger partial charge < -0.3 is 15.0 Å². The number of benzene rings is 1. The van der Waals surface area contributed by atoms with E-state index in [0.29, 0.717) is 6.61 Å². The maximum Gasteiger partial charge on any atom is 0.309 e. The third-order valence-electron chi connectivity index (χ3n) is 5.17. The Balaban J connectivity index is 2.03. The van der Waals surface area contributed by atoms with Crippen molar-refractivity contribution in [2.45, 2.75) is 52.9 Å². The zero-order valence-corrected chi connectivity index (χ0v) is 17.5. The van der Waals surface area contributed by atoms with E-state index in [1.165, 1.54) is 11.1 Å². The van der Waals surface area contributed by atoms with Crippen molar-refractivity contribution < 1.29 is 9.53 Å². The maximum absolute atomic E-state index is 12.0. The van der Waals surface area contributed by atoms with Crippen LogP contribution in [-0.4, -0.2) is 49.6 Å². The fraction of sp³-hybridized carbons (Fsp3) is 0.636. The van der Waals surface area contributed by atoms with Crippen molar-refractivity contribution in [2.24, 2.45) is 10.9 Å². The smallest absolute Gasteiger partial charge is 0.309 e. The van der Waals surface area contributed by atoms with Crippen LogP contribution in [0.3, 0.4) is 0 Å². The summed E-state index contributed by atoms with van der Waals surface area (Å²) in [7, 11) is 0. The van der Waals surface area contributed by atoms with E-state index in [1.807, 2.05) is 6.92 Å². The number of carbonyl (C=O) groups excluding carboxylic acids is 1. The van der Waals surface area contributed by atoms with Crippen LogP contribution in [0.1, 0.15) is 51.7 Å². The number of rotatable bonds is 6. The van der Waals surface area contributed by atoms with Crippen LogP contribution in [0.2, 0.25) is 0 Å². The van der Waals surface area contributed by atoms with Crippen molar-refractivity contribution in [3.8, 4) is 0 Å². The van der Waals surface area contributed by atoms with E-state index in [9.17, 15) is 4.79 Å². The zero-order valence-electron chi connectivity index (χ0n) is 17.5. The number of nitrogens with one attached hydrogen (secondary N) is 1. The number of piperidine rings is 1. The van der Waals surface area contributed by atoms with Crippen molar-refractivity contribution in [3.05, 3.63) is 35.4 Å². The Bertz CT molecular complexity index is 647. The van der Waals surface area contributed by atoms with Crippen molar-refractivity contribution in [2.75, 3.05) is 32.8 Å². The molecule has 0 aromatic heterocycles. The molecule has 0 saturated carbocycles. The van der Waals surface area contributed by atoms with Gasteiger partial charge in [-0.15, -0.1) is 0 Å². The lowest BCUT2D eigenvalue weighted by atomic mass is 9.84. The molecule has 0 spiro atoms. The first-order valence-corrected chi connectivity index (χ1v) is 10.1. The molecular weight excluding hydrogens is 338 g/mol. The fourth-order valence-electron chi connectivity index (χ4n) is 3.44. The van der Waals surface area contributed by atoms with Crippen molar-refractivity contribution >= 4 is 11.9 Å². The van der Waals surface area contributed by atoms with Crippen LogP contribution in [0.5, 0.6) is 0 Å². The van der Waals surface area contributed by atoms with E-state index in [0.717, 1.165) is 45.0 Å². The molecule has 0 bridgehead atoms. The topological polar surface area (TPSA) is 53.9 Å². The van der Waals surface area contributed by atoms with Gasteiger partial charge in [0, 0.05) is 25.0 Å². The molecule has 0 amide bonds. The zero-order chi connectivity index (χ0) is 19.9. The van der Waals surface area contributed by atoms with Crippen molar-refractivity contribution in [1.82, 2.24) is 10.2 Å². The summed E-state index contributed by atoms with van der Waals surface area (Å²) < 4.78 is 5.17. The second-order valence-electron chi connectivity index (χ2n) is 7.94. The molecule has 0 unspecified atom stereocenters. The fourth-order valence-corrected chi connectivity index (χ4v) is 3.44. The Morgan fingerprint density at radius 3 is 2.59 bits per heavy atom.